The van der Waals surface area contributed by atoms with E-state index in [1.165, 1.54) is 37.7 Å². The first kappa shape index (κ1) is 16.5. The summed E-state index contributed by atoms with van der Waals surface area (Å²) in [6, 6.07) is -0.124. The Balaban J connectivity index is 1.63. The van der Waals surface area contributed by atoms with E-state index in [1.54, 1.807) is 6.26 Å². The van der Waals surface area contributed by atoms with Gasteiger partial charge in [0.15, 0.2) is 0 Å². The van der Waals surface area contributed by atoms with E-state index in [0.717, 1.165) is 25.7 Å². The van der Waals surface area contributed by atoms with Gasteiger partial charge in [-0.05, 0) is 44.9 Å². The van der Waals surface area contributed by atoms with Crippen molar-refractivity contribution in [1.29, 1.82) is 0 Å². The molecule has 1 fully saturated rings. The van der Waals surface area contributed by atoms with E-state index in [-0.39, 0.29) is 10.8 Å². The highest BCUT2D eigenvalue weighted by Crippen LogP contribution is 2.36. The van der Waals surface area contributed by atoms with Gasteiger partial charge in [-0.15, -0.1) is 0 Å². The van der Waals surface area contributed by atoms with Crippen LogP contribution in [0.5, 0.6) is 0 Å². The molecule has 0 bridgehead atoms. The molecule has 21 heavy (non-hydrogen) atoms. The summed E-state index contributed by atoms with van der Waals surface area (Å²) in [4.78, 5) is 11.8. The average molecular weight is 312 g/mol. The van der Waals surface area contributed by atoms with Crippen LogP contribution in [0.25, 0.3) is 0 Å². The molecule has 2 N–H and O–H groups in total. The number of amides is 2. The highest BCUT2D eigenvalue weighted by Gasteiger charge is 2.40. The van der Waals surface area contributed by atoms with Crippen LogP contribution in [0.15, 0.2) is 11.6 Å². The van der Waals surface area contributed by atoms with Crippen LogP contribution in [0.2, 0.25) is 0 Å². The zero-order valence-corrected chi connectivity index (χ0v) is 13.9. The molecule has 1 atom stereocenters. The summed E-state index contributed by atoms with van der Waals surface area (Å²) in [5.41, 5.74) is 1.48. The van der Waals surface area contributed by atoms with Crippen LogP contribution in [-0.4, -0.2) is 34.3 Å². The molecule has 2 aliphatic carbocycles. The van der Waals surface area contributed by atoms with Crippen molar-refractivity contribution in [3.63, 3.8) is 0 Å². The lowest BCUT2D eigenvalue weighted by molar-refractivity contribution is 0.236. The maximum absolute atomic E-state index is 11.8. The Labute approximate surface area is 130 Å². The Hall–Kier alpha value is -0.840. The van der Waals surface area contributed by atoms with E-state index in [9.17, 15) is 9.00 Å². The van der Waals surface area contributed by atoms with Crippen molar-refractivity contribution in [2.45, 2.75) is 62.5 Å². The molecule has 0 spiro atoms. The zero-order chi connectivity index (χ0) is 15.1. The molecule has 1 saturated carbocycles. The summed E-state index contributed by atoms with van der Waals surface area (Å²) in [5.74, 6) is 0. The number of nitrogens with one attached hydrogen (secondary N) is 2. The Kier molecular flexibility index (Phi) is 6.27. The number of urea groups is 1. The topological polar surface area (TPSA) is 58.2 Å². The SMILES string of the molecule is C[S@](=O)C1(CNC(=O)NCCC2=CCCCCC2)CCC1. The number of allylic oxidation sites excluding steroid dienone is 1. The van der Waals surface area contributed by atoms with Crippen LogP contribution in [-0.2, 0) is 10.8 Å². The van der Waals surface area contributed by atoms with E-state index >= 15 is 0 Å². The number of rotatable bonds is 6. The van der Waals surface area contributed by atoms with Crippen molar-refractivity contribution in [2.75, 3.05) is 19.3 Å². The van der Waals surface area contributed by atoms with Gasteiger partial charge in [-0.3, -0.25) is 4.21 Å². The molecule has 0 unspecified atom stereocenters. The van der Waals surface area contributed by atoms with E-state index in [1.807, 2.05) is 0 Å². The lowest BCUT2D eigenvalue weighted by Gasteiger charge is -2.39. The first-order valence-corrected chi connectivity index (χ1v) is 9.71. The minimum absolute atomic E-state index is 0.124. The van der Waals surface area contributed by atoms with Gasteiger partial charge < -0.3 is 10.6 Å². The van der Waals surface area contributed by atoms with Crippen molar-refractivity contribution in [3.05, 3.63) is 11.6 Å². The van der Waals surface area contributed by atoms with Crippen molar-refractivity contribution < 1.29 is 9.00 Å². The minimum atomic E-state index is -0.862. The monoisotopic (exact) mass is 312 g/mol. The Morgan fingerprint density at radius 1 is 1.24 bits per heavy atom. The van der Waals surface area contributed by atoms with Gasteiger partial charge in [-0.25, -0.2) is 4.79 Å². The minimum Gasteiger partial charge on any atom is -0.338 e. The zero-order valence-electron chi connectivity index (χ0n) is 13.1. The maximum Gasteiger partial charge on any atom is 0.314 e. The maximum atomic E-state index is 11.8. The first-order valence-electron chi connectivity index (χ1n) is 8.15. The van der Waals surface area contributed by atoms with Gasteiger partial charge >= 0.3 is 6.03 Å². The second-order valence-electron chi connectivity index (χ2n) is 6.31. The van der Waals surface area contributed by atoms with E-state index in [4.69, 9.17) is 0 Å². The smallest absolute Gasteiger partial charge is 0.314 e. The third-order valence-corrected chi connectivity index (χ3v) is 6.58. The summed E-state index contributed by atoms with van der Waals surface area (Å²) in [6.45, 7) is 1.23. The summed E-state index contributed by atoms with van der Waals surface area (Å²) in [6.07, 6.45) is 14.4. The van der Waals surface area contributed by atoms with Crippen molar-refractivity contribution in [2.24, 2.45) is 0 Å². The van der Waals surface area contributed by atoms with Crippen LogP contribution in [0.4, 0.5) is 4.79 Å². The van der Waals surface area contributed by atoms with Gasteiger partial charge in [0.05, 0.1) is 4.75 Å². The van der Waals surface area contributed by atoms with Crippen LogP contribution in [0, 0.1) is 0 Å². The molecule has 0 aromatic heterocycles. The summed E-state index contributed by atoms with van der Waals surface area (Å²) < 4.78 is 11.6. The Morgan fingerprint density at radius 2 is 2.05 bits per heavy atom. The molecular formula is C16H28N2O2S. The second kappa shape index (κ2) is 7.97. The Bertz CT molecular complexity index is 417. The molecule has 0 saturated heterocycles. The quantitative estimate of drug-likeness (QED) is 0.741. The van der Waals surface area contributed by atoms with Crippen molar-refractivity contribution in [1.82, 2.24) is 10.6 Å². The standard InChI is InChI=1S/C16H28N2O2S/c1-21(20)16(10-6-11-16)13-18-15(19)17-12-9-14-7-4-2-3-5-8-14/h7H,2-6,8-13H2,1H3,(H2,17,18,19)/t21-/m0/s1. The molecule has 0 radical (unpaired) electrons. The summed E-state index contributed by atoms with van der Waals surface area (Å²) in [5, 5.41) is 5.81. The molecule has 0 aliphatic heterocycles. The number of carbonyl (C=O) groups excluding carboxylic acids is 1. The molecular weight excluding hydrogens is 284 g/mol. The molecule has 2 amide bonds. The molecule has 4 nitrogen and oxygen atoms in total. The molecule has 120 valence electrons. The largest absolute Gasteiger partial charge is 0.338 e. The second-order valence-corrected chi connectivity index (χ2v) is 8.09. The lowest BCUT2D eigenvalue weighted by atomic mass is 9.84. The molecule has 2 rings (SSSR count). The first-order chi connectivity index (χ1) is 10.1. The lowest BCUT2D eigenvalue weighted by Crippen LogP contribution is -2.52. The molecule has 2 aliphatic rings. The number of carbonyl (C=O) groups is 1. The third kappa shape index (κ3) is 4.83. The van der Waals surface area contributed by atoms with Crippen LogP contribution >= 0.6 is 0 Å². The van der Waals surface area contributed by atoms with Gasteiger partial charge in [0.25, 0.3) is 0 Å². The van der Waals surface area contributed by atoms with Gasteiger partial charge in [0.1, 0.15) is 0 Å². The fourth-order valence-corrected chi connectivity index (χ4v) is 4.22. The van der Waals surface area contributed by atoms with Crippen molar-refractivity contribution >= 4 is 16.8 Å². The third-order valence-electron chi connectivity index (χ3n) is 4.81. The van der Waals surface area contributed by atoms with E-state index in [2.05, 4.69) is 16.7 Å². The fraction of sp³-hybridized carbons (Fsp3) is 0.812. The van der Waals surface area contributed by atoms with Crippen LogP contribution in [0.3, 0.4) is 0 Å². The molecule has 0 aromatic carbocycles. The van der Waals surface area contributed by atoms with E-state index < -0.39 is 10.8 Å². The summed E-state index contributed by atoms with van der Waals surface area (Å²) >= 11 is 0. The van der Waals surface area contributed by atoms with Crippen LogP contribution in [0.1, 0.15) is 57.8 Å². The highest BCUT2D eigenvalue weighted by atomic mass is 32.2. The summed E-state index contributed by atoms with van der Waals surface area (Å²) in [7, 11) is -0.862. The van der Waals surface area contributed by atoms with Gasteiger partial charge in [0.2, 0.25) is 0 Å². The van der Waals surface area contributed by atoms with Crippen LogP contribution < -0.4 is 10.6 Å². The van der Waals surface area contributed by atoms with Gasteiger partial charge in [-0.2, -0.15) is 0 Å². The average Bonchev–Trinajstić information content (AvgIpc) is 2.66. The predicted molar refractivity (Wildman–Crippen MR) is 87.8 cm³/mol. The molecule has 5 heteroatoms. The highest BCUT2D eigenvalue weighted by molar-refractivity contribution is 7.85. The Morgan fingerprint density at radius 3 is 2.71 bits per heavy atom. The fourth-order valence-electron chi connectivity index (χ4n) is 3.09. The molecule has 0 aromatic rings. The van der Waals surface area contributed by atoms with Gasteiger partial charge in [0, 0.05) is 30.1 Å². The number of hydrogen-bond donors (Lipinski definition) is 2. The van der Waals surface area contributed by atoms with Gasteiger partial charge in [-0.1, -0.05) is 24.5 Å². The van der Waals surface area contributed by atoms with Crippen molar-refractivity contribution in [3.8, 4) is 0 Å². The predicted octanol–water partition coefficient (Wildman–Crippen LogP) is 2.87. The normalized spacial score (nSPS) is 22.4. The molecule has 0 heterocycles. The number of hydrogen-bond acceptors (Lipinski definition) is 2. The van der Waals surface area contributed by atoms with E-state index in [0.29, 0.717) is 13.1 Å².